The van der Waals surface area contributed by atoms with Gasteiger partial charge in [-0.25, -0.2) is 0 Å². The van der Waals surface area contributed by atoms with Gasteiger partial charge in [0.25, 0.3) is 0 Å². The number of pyridine rings is 1. The summed E-state index contributed by atoms with van der Waals surface area (Å²) >= 11 is 0. The fraction of sp³-hybridized carbons (Fsp3) is 0.227. The van der Waals surface area contributed by atoms with Crippen molar-refractivity contribution in [2.75, 3.05) is 6.54 Å². The topological polar surface area (TPSA) is 57.0 Å². The minimum Gasteiger partial charge on any atom is -0.337 e. The number of rotatable bonds is 7. The number of benzene rings is 2. The Hall–Kier alpha value is -3.19. The van der Waals surface area contributed by atoms with E-state index in [2.05, 4.69) is 41.4 Å². The van der Waals surface area contributed by atoms with Crippen molar-refractivity contribution in [2.45, 2.75) is 25.8 Å². The molecule has 1 heterocycles. The first-order valence-electron chi connectivity index (χ1n) is 8.77. The lowest BCUT2D eigenvalue weighted by atomic mass is 10.0. The predicted octanol–water partition coefficient (Wildman–Crippen LogP) is 4.11. The zero-order valence-corrected chi connectivity index (χ0v) is 14.6. The lowest BCUT2D eigenvalue weighted by Gasteiger charge is -2.21. The average molecular weight is 343 g/mol. The predicted molar refractivity (Wildman–Crippen MR) is 102 cm³/mol. The van der Waals surface area contributed by atoms with Crippen LogP contribution in [0, 0.1) is 11.3 Å². The molecule has 0 saturated carbocycles. The van der Waals surface area contributed by atoms with Crippen LogP contribution < -0.4 is 0 Å². The van der Waals surface area contributed by atoms with Crippen molar-refractivity contribution in [1.82, 2.24) is 9.88 Å². The van der Waals surface area contributed by atoms with Gasteiger partial charge in [-0.05, 0) is 34.4 Å². The second-order valence-electron chi connectivity index (χ2n) is 6.27. The van der Waals surface area contributed by atoms with Crippen LogP contribution >= 0.6 is 0 Å². The van der Waals surface area contributed by atoms with E-state index in [-0.39, 0.29) is 5.91 Å². The summed E-state index contributed by atoms with van der Waals surface area (Å²) < 4.78 is 0. The van der Waals surface area contributed by atoms with E-state index in [1.807, 2.05) is 24.3 Å². The van der Waals surface area contributed by atoms with E-state index in [9.17, 15) is 4.79 Å². The van der Waals surface area contributed by atoms with Gasteiger partial charge in [0, 0.05) is 31.9 Å². The lowest BCUT2D eigenvalue weighted by molar-refractivity contribution is -0.131. The van der Waals surface area contributed by atoms with Crippen LogP contribution in [-0.4, -0.2) is 22.3 Å². The molecule has 0 fully saturated rings. The van der Waals surface area contributed by atoms with Crippen molar-refractivity contribution in [1.29, 1.82) is 5.26 Å². The summed E-state index contributed by atoms with van der Waals surface area (Å²) in [5.74, 6) is 0.0669. The van der Waals surface area contributed by atoms with Crippen LogP contribution in [0.25, 0.3) is 10.8 Å². The summed E-state index contributed by atoms with van der Waals surface area (Å²) in [6, 6.07) is 20.5. The van der Waals surface area contributed by atoms with Crippen LogP contribution in [0.3, 0.4) is 0 Å². The van der Waals surface area contributed by atoms with Gasteiger partial charge >= 0.3 is 0 Å². The van der Waals surface area contributed by atoms with Crippen molar-refractivity contribution in [3.05, 3.63) is 78.1 Å². The third-order valence-electron chi connectivity index (χ3n) is 4.38. The van der Waals surface area contributed by atoms with Crippen molar-refractivity contribution >= 4 is 16.7 Å². The molecule has 0 unspecified atom stereocenters. The first-order chi connectivity index (χ1) is 12.8. The molecule has 4 nitrogen and oxygen atoms in total. The molecule has 0 atom stereocenters. The molecule has 2 aromatic carbocycles. The van der Waals surface area contributed by atoms with Gasteiger partial charge in [0.05, 0.1) is 12.5 Å². The zero-order chi connectivity index (χ0) is 18.2. The maximum atomic E-state index is 12.7. The minimum atomic E-state index is 0.0669. The van der Waals surface area contributed by atoms with E-state index in [1.165, 1.54) is 10.8 Å². The third-order valence-corrected chi connectivity index (χ3v) is 4.38. The molecule has 0 aliphatic rings. The Morgan fingerprint density at radius 3 is 2.65 bits per heavy atom. The number of aromatic nitrogens is 1. The maximum Gasteiger partial charge on any atom is 0.223 e. The number of amides is 1. The Kier molecular flexibility index (Phi) is 5.95. The van der Waals surface area contributed by atoms with E-state index < -0.39 is 0 Å². The number of hydrogen-bond acceptors (Lipinski definition) is 3. The smallest absolute Gasteiger partial charge is 0.223 e. The Balaban J connectivity index is 1.65. The highest BCUT2D eigenvalue weighted by molar-refractivity contribution is 5.83. The Bertz CT molecular complexity index is 915. The fourth-order valence-corrected chi connectivity index (χ4v) is 2.99. The number of carbonyl (C=O) groups excluding carboxylic acids is 1. The Morgan fingerprint density at radius 1 is 1.04 bits per heavy atom. The van der Waals surface area contributed by atoms with E-state index in [4.69, 9.17) is 5.26 Å². The van der Waals surface area contributed by atoms with E-state index in [0.29, 0.717) is 32.4 Å². The second-order valence-corrected chi connectivity index (χ2v) is 6.27. The molecule has 130 valence electrons. The van der Waals surface area contributed by atoms with Crippen molar-refractivity contribution in [3.63, 3.8) is 0 Å². The molecule has 0 spiro atoms. The largest absolute Gasteiger partial charge is 0.337 e. The molecule has 0 N–H and O–H groups in total. The highest BCUT2D eigenvalue weighted by Gasteiger charge is 2.14. The van der Waals surface area contributed by atoms with Gasteiger partial charge in [-0.15, -0.1) is 0 Å². The average Bonchev–Trinajstić information content (AvgIpc) is 2.70. The molecule has 4 heteroatoms. The quantitative estimate of drug-likeness (QED) is 0.649. The first kappa shape index (κ1) is 17.6. The summed E-state index contributed by atoms with van der Waals surface area (Å²) in [5.41, 5.74) is 2.13. The van der Waals surface area contributed by atoms with E-state index >= 15 is 0 Å². The summed E-state index contributed by atoms with van der Waals surface area (Å²) in [7, 11) is 0. The van der Waals surface area contributed by atoms with E-state index in [0.717, 1.165) is 11.1 Å². The molecule has 0 aliphatic heterocycles. The standard InChI is InChI=1S/C22H21N3O/c23-12-4-14-25(17-19-5-3-13-24-16-19)22(26)11-9-18-8-10-20-6-1-2-7-21(20)15-18/h1-3,5-8,10,13,15-16H,4,9,11,14,17H2. The van der Waals surface area contributed by atoms with Crippen molar-refractivity contribution in [3.8, 4) is 6.07 Å². The molecule has 1 aromatic heterocycles. The fourth-order valence-electron chi connectivity index (χ4n) is 2.99. The van der Waals surface area contributed by atoms with Gasteiger partial charge in [0.15, 0.2) is 0 Å². The molecule has 3 aromatic rings. The minimum absolute atomic E-state index is 0.0669. The van der Waals surface area contributed by atoms with Gasteiger partial charge in [0.2, 0.25) is 5.91 Å². The van der Waals surface area contributed by atoms with Gasteiger partial charge < -0.3 is 4.90 Å². The monoisotopic (exact) mass is 343 g/mol. The zero-order valence-electron chi connectivity index (χ0n) is 14.6. The Labute approximate surface area is 153 Å². The molecule has 3 rings (SSSR count). The van der Waals surface area contributed by atoms with Crippen molar-refractivity contribution in [2.24, 2.45) is 0 Å². The third kappa shape index (κ3) is 4.67. The number of aryl methyl sites for hydroxylation is 1. The van der Waals surface area contributed by atoms with Crippen LogP contribution in [0.2, 0.25) is 0 Å². The number of nitrogens with zero attached hydrogens (tertiary/aromatic N) is 3. The summed E-state index contributed by atoms with van der Waals surface area (Å²) in [6.07, 6.45) is 4.94. The van der Waals surface area contributed by atoms with Gasteiger partial charge in [-0.3, -0.25) is 9.78 Å². The van der Waals surface area contributed by atoms with Crippen molar-refractivity contribution < 1.29 is 4.79 Å². The highest BCUT2D eigenvalue weighted by Crippen LogP contribution is 2.17. The normalized spacial score (nSPS) is 10.4. The van der Waals surface area contributed by atoms with E-state index in [1.54, 1.807) is 17.3 Å². The summed E-state index contributed by atoms with van der Waals surface area (Å²) in [5, 5.41) is 11.3. The molecule has 0 bridgehead atoms. The maximum absolute atomic E-state index is 12.7. The molecular formula is C22H21N3O. The first-order valence-corrected chi connectivity index (χ1v) is 8.77. The molecule has 0 aliphatic carbocycles. The summed E-state index contributed by atoms with van der Waals surface area (Å²) in [4.78, 5) is 18.5. The highest BCUT2D eigenvalue weighted by atomic mass is 16.2. The number of fused-ring (bicyclic) bond motifs is 1. The molecule has 0 saturated heterocycles. The Morgan fingerprint density at radius 2 is 1.88 bits per heavy atom. The molecule has 1 amide bonds. The van der Waals surface area contributed by atoms with Crippen LogP contribution in [0.4, 0.5) is 0 Å². The molecular weight excluding hydrogens is 322 g/mol. The summed E-state index contributed by atoms with van der Waals surface area (Å²) in [6.45, 7) is 0.939. The molecule has 0 radical (unpaired) electrons. The molecule has 26 heavy (non-hydrogen) atoms. The second kappa shape index (κ2) is 8.77. The number of nitriles is 1. The lowest BCUT2D eigenvalue weighted by Crippen LogP contribution is -2.31. The van der Waals surface area contributed by atoms with Gasteiger partial charge in [-0.2, -0.15) is 5.26 Å². The van der Waals surface area contributed by atoms with Crippen LogP contribution in [0.1, 0.15) is 24.0 Å². The SMILES string of the molecule is N#CCCN(Cc1cccnc1)C(=O)CCc1ccc2ccccc2c1. The van der Waals surface area contributed by atoms with Crippen LogP contribution in [-0.2, 0) is 17.8 Å². The number of hydrogen-bond donors (Lipinski definition) is 0. The van der Waals surface area contributed by atoms with Gasteiger partial charge in [0.1, 0.15) is 0 Å². The van der Waals surface area contributed by atoms with Gasteiger partial charge in [-0.1, -0.05) is 48.5 Å². The van der Waals surface area contributed by atoms with Crippen LogP contribution in [0.15, 0.2) is 67.0 Å². The van der Waals surface area contributed by atoms with Crippen LogP contribution in [0.5, 0.6) is 0 Å². The number of carbonyl (C=O) groups is 1.